The van der Waals surface area contributed by atoms with Gasteiger partial charge in [0.2, 0.25) is 0 Å². The van der Waals surface area contributed by atoms with Gasteiger partial charge >= 0.3 is 0 Å². The number of H-pyrrole nitrogens is 1. The summed E-state index contributed by atoms with van der Waals surface area (Å²) in [5, 5.41) is 2.57. The second-order valence-corrected chi connectivity index (χ2v) is 1.86. The van der Waals surface area contributed by atoms with E-state index in [0.717, 1.165) is 0 Å². The maximum absolute atomic E-state index is 9.18. The molecule has 4 nitrogen and oxygen atoms in total. The van der Waals surface area contributed by atoms with E-state index in [1.165, 1.54) is 0 Å². The van der Waals surface area contributed by atoms with Gasteiger partial charge in [0.25, 0.3) is 6.47 Å². The number of hydrogen-bond acceptors (Lipinski definition) is 3. The molecular weight excluding hydrogens is 170 g/mol. The highest BCUT2D eigenvalue weighted by molar-refractivity contribution is 5.36. The Morgan fingerprint density at radius 2 is 2.15 bits per heavy atom. The van der Waals surface area contributed by atoms with Crippen LogP contribution in [-0.2, 0) is 9.53 Å². The molecule has 0 unspecified atom stereocenters. The van der Waals surface area contributed by atoms with Crippen molar-refractivity contribution in [2.45, 2.75) is 6.92 Å². The predicted molar refractivity (Wildman–Crippen MR) is 48.4 cm³/mol. The van der Waals surface area contributed by atoms with Crippen molar-refractivity contribution in [3.63, 3.8) is 0 Å². The first-order chi connectivity index (χ1) is 6.41. The molecule has 4 heteroatoms. The van der Waals surface area contributed by atoms with Crippen molar-refractivity contribution in [3.05, 3.63) is 36.7 Å². The SMILES string of the molecule is CCOC=O.c1ccco[nH]cc1. The van der Waals surface area contributed by atoms with Crippen LogP contribution >= 0.6 is 0 Å². The molecule has 1 rings (SSSR count). The van der Waals surface area contributed by atoms with Crippen molar-refractivity contribution in [1.29, 1.82) is 0 Å². The molecule has 1 heterocycles. The highest BCUT2D eigenvalue weighted by atomic mass is 16.5. The van der Waals surface area contributed by atoms with Gasteiger partial charge in [-0.2, -0.15) is 0 Å². The lowest BCUT2D eigenvalue weighted by atomic mass is 10.5. The molecule has 0 saturated carbocycles. The number of ether oxygens (including phenoxy) is 1. The molecule has 1 aromatic heterocycles. The molecule has 72 valence electrons. The summed E-state index contributed by atoms with van der Waals surface area (Å²) in [7, 11) is 0. The van der Waals surface area contributed by atoms with Crippen LogP contribution in [0.15, 0.2) is 41.2 Å². The number of carbonyl (C=O) groups excluding carboxylic acids is 1. The van der Waals surface area contributed by atoms with Crippen LogP contribution in [0.4, 0.5) is 0 Å². The maximum atomic E-state index is 9.18. The van der Waals surface area contributed by atoms with Crippen LogP contribution < -0.4 is 0 Å². The van der Waals surface area contributed by atoms with Crippen LogP contribution in [0.5, 0.6) is 0 Å². The van der Waals surface area contributed by atoms with E-state index in [4.69, 9.17) is 4.52 Å². The molecule has 0 aliphatic rings. The van der Waals surface area contributed by atoms with Crippen molar-refractivity contribution in [2.75, 3.05) is 6.61 Å². The number of nitrogens with one attached hydrogen (secondary N) is 1. The number of aromatic nitrogens is 1. The first-order valence-corrected chi connectivity index (χ1v) is 3.86. The monoisotopic (exact) mass is 183 g/mol. The van der Waals surface area contributed by atoms with Gasteiger partial charge in [-0.25, -0.2) is 5.16 Å². The highest BCUT2D eigenvalue weighted by Gasteiger charge is 1.61. The number of carbonyl (C=O) groups is 1. The van der Waals surface area contributed by atoms with Crippen molar-refractivity contribution < 1.29 is 14.1 Å². The Morgan fingerprint density at radius 3 is 2.77 bits per heavy atom. The second-order valence-electron chi connectivity index (χ2n) is 1.86. The number of hydrogen-bond donors (Lipinski definition) is 1. The predicted octanol–water partition coefficient (Wildman–Crippen LogP) is 1.91. The first kappa shape index (κ1) is 11.3. The minimum atomic E-state index is 0.431. The van der Waals surface area contributed by atoms with Crippen LogP contribution in [0.1, 0.15) is 6.92 Å². The van der Waals surface area contributed by atoms with Gasteiger partial charge in [-0.3, -0.25) is 4.79 Å². The lowest BCUT2D eigenvalue weighted by Gasteiger charge is -1.79. The molecule has 0 saturated heterocycles. The van der Waals surface area contributed by atoms with Gasteiger partial charge in [0.05, 0.1) is 6.61 Å². The zero-order valence-corrected chi connectivity index (χ0v) is 7.47. The molecule has 0 aliphatic heterocycles. The van der Waals surface area contributed by atoms with Crippen molar-refractivity contribution in [3.8, 4) is 0 Å². The minimum Gasteiger partial charge on any atom is -0.468 e. The van der Waals surface area contributed by atoms with Gasteiger partial charge in [-0.1, -0.05) is 12.1 Å². The zero-order valence-electron chi connectivity index (χ0n) is 7.47. The Kier molecular flexibility index (Phi) is 8.94. The molecule has 0 spiro atoms. The van der Waals surface area contributed by atoms with E-state index < -0.39 is 0 Å². The van der Waals surface area contributed by atoms with Gasteiger partial charge in [-0.15, -0.1) is 0 Å². The molecule has 0 atom stereocenters. The molecule has 0 radical (unpaired) electrons. The summed E-state index contributed by atoms with van der Waals surface area (Å²) in [5.74, 6) is 0. The van der Waals surface area contributed by atoms with E-state index in [2.05, 4.69) is 9.89 Å². The molecule has 0 aromatic carbocycles. The Hall–Kier alpha value is -1.71. The van der Waals surface area contributed by atoms with Gasteiger partial charge in [0.15, 0.2) is 0 Å². The third-order valence-corrected chi connectivity index (χ3v) is 0.947. The van der Waals surface area contributed by atoms with E-state index >= 15 is 0 Å². The molecule has 0 amide bonds. The maximum Gasteiger partial charge on any atom is 0.293 e. The summed E-state index contributed by atoms with van der Waals surface area (Å²) in [5.41, 5.74) is 0. The lowest BCUT2D eigenvalue weighted by molar-refractivity contribution is -0.128. The van der Waals surface area contributed by atoms with Crippen LogP contribution in [0.2, 0.25) is 0 Å². The first-order valence-electron chi connectivity index (χ1n) is 3.86. The fraction of sp³-hybridized carbons (Fsp3) is 0.222. The third-order valence-electron chi connectivity index (χ3n) is 0.947. The van der Waals surface area contributed by atoms with E-state index in [1.807, 2.05) is 18.2 Å². The molecule has 0 aliphatic carbocycles. The van der Waals surface area contributed by atoms with Gasteiger partial charge in [0.1, 0.15) is 6.26 Å². The van der Waals surface area contributed by atoms with E-state index in [0.29, 0.717) is 13.1 Å². The van der Waals surface area contributed by atoms with Crippen LogP contribution in [-0.4, -0.2) is 18.2 Å². The van der Waals surface area contributed by atoms with E-state index in [1.54, 1.807) is 25.5 Å². The van der Waals surface area contributed by atoms with E-state index in [9.17, 15) is 4.79 Å². The highest BCUT2D eigenvalue weighted by Crippen LogP contribution is 1.75. The second kappa shape index (κ2) is 10.3. The van der Waals surface area contributed by atoms with Crippen molar-refractivity contribution in [1.82, 2.24) is 5.16 Å². The standard InChI is InChI=1S/C6H7NO.C3H6O2/c1-2-4-6-8-7-5-3-1;1-2-5-3-4/h1-7H;3H,2H2,1H3. The molecule has 1 N–H and O–H groups in total. The number of rotatable bonds is 2. The number of aromatic amines is 1. The smallest absolute Gasteiger partial charge is 0.293 e. The van der Waals surface area contributed by atoms with Gasteiger partial charge in [0, 0.05) is 6.20 Å². The fourth-order valence-electron chi connectivity index (χ4n) is 0.454. The quantitative estimate of drug-likeness (QED) is 0.712. The van der Waals surface area contributed by atoms with Crippen LogP contribution in [0.3, 0.4) is 0 Å². The molecule has 0 bridgehead atoms. The van der Waals surface area contributed by atoms with E-state index in [-0.39, 0.29) is 0 Å². The van der Waals surface area contributed by atoms with Crippen LogP contribution in [0.25, 0.3) is 0 Å². The summed E-state index contributed by atoms with van der Waals surface area (Å²) >= 11 is 0. The Labute approximate surface area is 76.8 Å². The lowest BCUT2D eigenvalue weighted by Crippen LogP contribution is -1.80. The summed E-state index contributed by atoms with van der Waals surface area (Å²) in [4.78, 5) is 9.18. The molecular formula is C9H13NO3. The van der Waals surface area contributed by atoms with Gasteiger partial charge < -0.3 is 9.26 Å². The summed E-state index contributed by atoms with van der Waals surface area (Å²) in [6.07, 6.45) is 3.28. The fourth-order valence-corrected chi connectivity index (χ4v) is 0.454. The topological polar surface area (TPSA) is 55.2 Å². The minimum absolute atomic E-state index is 0.431. The van der Waals surface area contributed by atoms with Crippen molar-refractivity contribution >= 4 is 6.47 Å². The third kappa shape index (κ3) is 10.3. The zero-order chi connectivity index (χ0) is 9.78. The van der Waals surface area contributed by atoms with Crippen molar-refractivity contribution in [2.24, 2.45) is 0 Å². The molecule has 0 fully saturated rings. The Morgan fingerprint density at radius 1 is 1.38 bits per heavy atom. The van der Waals surface area contributed by atoms with Gasteiger partial charge in [-0.05, 0) is 19.1 Å². The molecule has 13 heavy (non-hydrogen) atoms. The molecule has 1 aromatic rings. The van der Waals surface area contributed by atoms with Crippen LogP contribution in [0, 0.1) is 0 Å². The summed E-state index contributed by atoms with van der Waals surface area (Å²) in [6.45, 7) is 2.66. The average Bonchev–Trinajstić information content (AvgIpc) is 2.05. The largest absolute Gasteiger partial charge is 0.468 e. The average molecular weight is 183 g/mol. The Balaban J connectivity index is 0.000000252. The Bertz CT molecular complexity index is 177. The normalized spacial score (nSPS) is 7.46. The summed E-state index contributed by atoms with van der Waals surface area (Å²) < 4.78 is 8.86. The summed E-state index contributed by atoms with van der Waals surface area (Å²) in [6, 6.07) is 7.45.